The van der Waals surface area contributed by atoms with E-state index >= 15 is 0 Å². The third kappa shape index (κ3) is 5.09. The Morgan fingerprint density at radius 3 is 2.50 bits per heavy atom. The monoisotopic (exact) mass is 493 g/mol. The van der Waals surface area contributed by atoms with Gasteiger partial charge < -0.3 is 24.5 Å². The maximum atomic E-state index is 14.2. The molecule has 1 saturated carbocycles. The summed E-state index contributed by atoms with van der Waals surface area (Å²) in [4.78, 5) is 32.9. The molecule has 1 aromatic heterocycles. The number of alkyl carbamates (subject to hydrolysis) is 1. The number of fused-ring (bicyclic) bond motifs is 1. The summed E-state index contributed by atoms with van der Waals surface area (Å²) in [6, 6.07) is 16.6. The van der Waals surface area contributed by atoms with Crippen molar-refractivity contribution >= 4 is 23.1 Å². The Hall–Kier alpha value is -3.39. The van der Waals surface area contributed by atoms with Gasteiger partial charge in [0.25, 0.3) is 5.91 Å². The standard InChI is InChI=1S/C28H35N3O5/c1-4-18-31(24(32)23-29-21-14-8-9-15-22(21)36-23)25(33)28(3,27(2)16-10-11-17-27)30-26(34)35-19-20-12-6-5-7-13-20/h5-9,12-15,24,32H,4,10-11,16-19H2,1-3H3,(H,30,34)/t24?,28-/m1/s1. The molecule has 1 unspecified atom stereocenters. The van der Waals surface area contributed by atoms with Crippen molar-refractivity contribution in [3.8, 4) is 0 Å². The maximum Gasteiger partial charge on any atom is 0.408 e. The summed E-state index contributed by atoms with van der Waals surface area (Å²) in [5, 5.41) is 14.2. The summed E-state index contributed by atoms with van der Waals surface area (Å²) in [7, 11) is 0. The number of hydrogen-bond donors (Lipinski definition) is 2. The van der Waals surface area contributed by atoms with E-state index in [9.17, 15) is 14.7 Å². The minimum atomic E-state index is -1.39. The first kappa shape index (κ1) is 25.7. The smallest absolute Gasteiger partial charge is 0.408 e. The molecule has 0 aliphatic heterocycles. The highest BCUT2D eigenvalue weighted by Crippen LogP contribution is 2.47. The fraction of sp³-hybridized carbons (Fsp3) is 0.464. The average molecular weight is 494 g/mol. The SMILES string of the molecule is CCCN(C(=O)[C@@](C)(NC(=O)OCc1ccccc1)C1(C)CCCC1)C(O)c1nc2ccccc2o1. The highest BCUT2D eigenvalue weighted by Gasteiger charge is 2.55. The number of aliphatic hydroxyl groups is 1. The van der Waals surface area contributed by atoms with Gasteiger partial charge in [-0.2, -0.15) is 0 Å². The molecule has 8 heteroatoms. The Morgan fingerprint density at radius 1 is 1.17 bits per heavy atom. The predicted molar refractivity (Wildman–Crippen MR) is 136 cm³/mol. The lowest BCUT2D eigenvalue weighted by atomic mass is 9.69. The summed E-state index contributed by atoms with van der Waals surface area (Å²) < 4.78 is 11.3. The molecular weight excluding hydrogens is 458 g/mol. The van der Waals surface area contributed by atoms with Crippen molar-refractivity contribution in [1.29, 1.82) is 0 Å². The number of ether oxygens (including phenoxy) is 1. The summed E-state index contributed by atoms with van der Waals surface area (Å²) in [6.45, 7) is 6.05. The van der Waals surface area contributed by atoms with Gasteiger partial charge in [0.15, 0.2) is 5.58 Å². The third-order valence-electron chi connectivity index (χ3n) is 7.46. The Bertz CT molecular complexity index is 1160. The van der Waals surface area contributed by atoms with Gasteiger partial charge in [-0.05, 0) is 49.3 Å². The van der Waals surface area contributed by atoms with E-state index in [0.717, 1.165) is 31.2 Å². The number of para-hydroxylation sites is 2. The summed E-state index contributed by atoms with van der Waals surface area (Å²) in [5.74, 6) is -0.344. The number of carbonyl (C=O) groups excluding carboxylic acids is 2. The van der Waals surface area contributed by atoms with Crippen LogP contribution in [0.5, 0.6) is 0 Å². The van der Waals surface area contributed by atoms with Crippen molar-refractivity contribution in [3.05, 3.63) is 66.1 Å². The summed E-state index contributed by atoms with van der Waals surface area (Å²) in [6.07, 6.45) is 2.00. The van der Waals surface area contributed by atoms with Crippen LogP contribution in [0.2, 0.25) is 0 Å². The van der Waals surface area contributed by atoms with Crippen LogP contribution in [-0.2, 0) is 16.1 Å². The van der Waals surface area contributed by atoms with Crippen molar-refractivity contribution in [3.63, 3.8) is 0 Å². The van der Waals surface area contributed by atoms with Crippen molar-refractivity contribution in [1.82, 2.24) is 15.2 Å². The van der Waals surface area contributed by atoms with E-state index in [1.54, 1.807) is 19.1 Å². The molecule has 2 amide bonds. The number of oxazole rings is 1. The molecule has 2 N–H and O–H groups in total. The van der Waals surface area contributed by atoms with Gasteiger partial charge in [-0.25, -0.2) is 9.78 Å². The molecule has 3 aromatic rings. The van der Waals surface area contributed by atoms with Crippen molar-refractivity contribution in [2.24, 2.45) is 5.41 Å². The predicted octanol–water partition coefficient (Wildman–Crippen LogP) is 5.32. The van der Waals surface area contributed by atoms with Crippen LogP contribution in [-0.4, -0.2) is 39.1 Å². The molecule has 36 heavy (non-hydrogen) atoms. The number of aromatic nitrogens is 1. The number of benzene rings is 2. The molecule has 8 nitrogen and oxygen atoms in total. The normalized spacial score (nSPS) is 17.3. The molecule has 2 atom stereocenters. The quantitative estimate of drug-likeness (QED) is 0.391. The molecule has 1 heterocycles. The van der Waals surface area contributed by atoms with Gasteiger partial charge in [0.05, 0.1) is 0 Å². The second-order valence-electron chi connectivity index (χ2n) is 9.97. The van der Waals surface area contributed by atoms with Crippen LogP contribution in [0.4, 0.5) is 4.79 Å². The van der Waals surface area contributed by atoms with Crippen LogP contribution in [0.1, 0.15) is 70.6 Å². The van der Waals surface area contributed by atoms with E-state index in [2.05, 4.69) is 10.3 Å². The molecule has 0 saturated heterocycles. The molecule has 192 valence electrons. The number of nitrogens with zero attached hydrogens (tertiary/aromatic N) is 2. The van der Waals surface area contributed by atoms with Crippen molar-refractivity contribution < 1.29 is 23.8 Å². The largest absolute Gasteiger partial charge is 0.445 e. The highest BCUT2D eigenvalue weighted by atomic mass is 16.5. The molecule has 0 radical (unpaired) electrons. The first-order valence-electron chi connectivity index (χ1n) is 12.6. The van der Waals surface area contributed by atoms with E-state index in [4.69, 9.17) is 9.15 Å². The van der Waals surface area contributed by atoms with E-state index in [0.29, 0.717) is 17.5 Å². The van der Waals surface area contributed by atoms with Gasteiger partial charge in [0.2, 0.25) is 12.1 Å². The van der Waals surface area contributed by atoms with Gasteiger partial charge >= 0.3 is 6.09 Å². The number of hydrogen-bond acceptors (Lipinski definition) is 6. The zero-order chi connectivity index (χ0) is 25.8. The van der Waals surface area contributed by atoms with E-state index in [-0.39, 0.29) is 24.9 Å². The van der Waals surface area contributed by atoms with Crippen LogP contribution in [0.25, 0.3) is 11.1 Å². The molecule has 4 rings (SSSR count). The topological polar surface area (TPSA) is 105 Å². The summed E-state index contributed by atoms with van der Waals surface area (Å²) in [5.41, 5.74) is 0.168. The average Bonchev–Trinajstić information content (AvgIpc) is 3.53. The van der Waals surface area contributed by atoms with Crippen molar-refractivity contribution in [2.75, 3.05) is 6.54 Å². The molecule has 1 aliphatic carbocycles. The van der Waals surface area contributed by atoms with Crippen LogP contribution in [0, 0.1) is 5.41 Å². The van der Waals surface area contributed by atoms with E-state index < -0.39 is 23.3 Å². The second kappa shape index (κ2) is 10.7. The third-order valence-corrected chi connectivity index (χ3v) is 7.46. The van der Waals surface area contributed by atoms with Gasteiger partial charge in [0.1, 0.15) is 17.7 Å². The number of carbonyl (C=O) groups is 2. The molecular formula is C28H35N3O5. The second-order valence-corrected chi connectivity index (χ2v) is 9.97. The Labute approximate surface area is 211 Å². The van der Waals surface area contributed by atoms with Crippen LogP contribution >= 0.6 is 0 Å². The molecule has 1 fully saturated rings. The lowest BCUT2D eigenvalue weighted by Crippen LogP contribution is -2.65. The van der Waals surface area contributed by atoms with Crippen LogP contribution in [0.3, 0.4) is 0 Å². The fourth-order valence-electron chi connectivity index (χ4n) is 5.08. The molecule has 1 aliphatic rings. The number of aliphatic hydroxyl groups excluding tert-OH is 1. The van der Waals surface area contributed by atoms with Gasteiger partial charge in [-0.3, -0.25) is 4.79 Å². The van der Waals surface area contributed by atoms with Crippen LogP contribution < -0.4 is 5.32 Å². The maximum absolute atomic E-state index is 14.2. The molecule has 0 bridgehead atoms. The summed E-state index contributed by atoms with van der Waals surface area (Å²) >= 11 is 0. The Kier molecular flexibility index (Phi) is 7.64. The minimum absolute atomic E-state index is 0.0450. The minimum Gasteiger partial charge on any atom is -0.445 e. The zero-order valence-electron chi connectivity index (χ0n) is 21.2. The number of nitrogens with one attached hydrogen (secondary N) is 1. The van der Waals surface area contributed by atoms with Gasteiger partial charge in [-0.1, -0.05) is 69.2 Å². The Balaban J connectivity index is 1.61. The Morgan fingerprint density at radius 2 is 1.83 bits per heavy atom. The molecule has 2 aromatic carbocycles. The fourth-order valence-corrected chi connectivity index (χ4v) is 5.08. The first-order chi connectivity index (χ1) is 17.3. The lowest BCUT2D eigenvalue weighted by Gasteiger charge is -2.46. The molecule has 0 spiro atoms. The zero-order valence-corrected chi connectivity index (χ0v) is 21.2. The number of amides is 2. The van der Waals surface area contributed by atoms with Crippen molar-refractivity contribution in [2.45, 2.75) is 71.2 Å². The van der Waals surface area contributed by atoms with Gasteiger partial charge in [0, 0.05) is 6.54 Å². The van der Waals surface area contributed by atoms with E-state index in [1.807, 2.05) is 56.3 Å². The highest BCUT2D eigenvalue weighted by molar-refractivity contribution is 5.91. The van der Waals surface area contributed by atoms with Crippen LogP contribution in [0.15, 0.2) is 59.0 Å². The number of rotatable bonds is 9. The van der Waals surface area contributed by atoms with Gasteiger partial charge in [-0.15, -0.1) is 0 Å². The lowest BCUT2D eigenvalue weighted by molar-refractivity contribution is -0.155. The van der Waals surface area contributed by atoms with E-state index in [1.165, 1.54) is 4.90 Å². The first-order valence-corrected chi connectivity index (χ1v) is 12.6.